The summed E-state index contributed by atoms with van der Waals surface area (Å²) in [4.78, 5) is 16.0. The van der Waals surface area contributed by atoms with Crippen LogP contribution in [0.1, 0.15) is 13.8 Å². The molecule has 112 valence electrons. The Balaban J connectivity index is 2.42. The summed E-state index contributed by atoms with van der Waals surface area (Å²) in [6.07, 6.45) is 1.53. The van der Waals surface area contributed by atoms with Crippen LogP contribution < -0.4 is 5.32 Å². The van der Waals surface area contributed by atoms with Crippen molar-refractivity contribution in [1.29, 1.82) is 5.26 Å². The summed E-state index contributed by atoms with van der Waals surface area (Å²) in [6.45, 7) is 10.0. The fourth-order valence-electron chi connectivity index (χ4n) is 2.02. The van der Waals surface area contributed by atoms with Crippen molar-refractivity contribution in [3.05, 3.63) is 11.8 Å². The molecule has 6 nitrogen and oxygen atoms in total. The molecule has 0 aromatic carbocycles. The third-order valence-corrected chi connectivity index (χ3v) is 3.36. The van der Waals surface area contributed by atoms with Crippen molar-refractivity contribution in [3.63, 3.8) is 0 Å². The monoisotopic (exact) mass is 280 g/mol. The van der Waals surface area contributed by atoms with Gasteiger partial charge in [-0.05, 0) is 13.1 Å². The van der Waals surface area contributed by atoms with Crippen molar-refractivity contribution in [2.75, 3.05) is 52.5 Å². The first kappa shape index (κ1) is 16.5. The second-order valence-electron chi connectivity index (χ2n) is 4.56. The molecule has 0 saturated carbocycles. The van der Waals surface area contributed by atoms with Gasteiger partial charge in [-0.15, -0.1) is 0 Å². The summed E-state index contributed by atoms with van der Waals surface area (Å²) >= 11 is 0. The van der Waals surface area contributed by atoms with E-state index in [1.54, 1.807) is 4.90 Å². The standard InChI is InChI=1S/C14H24N4O2/c1-3-17(4-2)6-5-16-12-13(11-15)14(19)18-7-9-20-10-8-18/h12,16H,3-10H2,1-2H3/b13-12-. The Bertz CT molecular complexity index is 366. The molecule has 1 fully saturated rings. The molecule has 6 heteroatoms. The molecule has 1 saturated heterocycles. The lowest BCUT2D eigenvalue weighted by molar-refractivity contribution is -0.130. The molecule has 0 unspecified atom stereocenters. The van der Waals surface area contributed by atoms with E-state index in [1.807, 2.05) is 6.07 Å². The van der Waals surface area contributed by atoms with E-state index in [1.165, 1.54) is 6.20 Å². The number of likely N-dealkylation sites (N-methyl/N-ethyl adjacent to an activating group) is 1. The van der Waals surface area contributed by atoms with Crippen LogP contribution >= 0.6 is 0 Å². The number of hydrogen-bond donors (Lipinski definition) is 1. The number of carbonyl (C=O) groups is 1. The fraction of sp³-hybridized carbons (Fsp3) is 0.714. The maximum Gasteiger partial charge on any atom is 0.266 e. The highest BCUT2D eigenvalue weighted by Gasteiger charge is 2.20. The number of nitrogens with one attached hydrogen (secondary N) is 1. The Kier molecular flexibility index (Phi) is 7.70. The average Bonchev–Trinajstić information content (AvgIpc) is 2.51. The van der Waals surface area contributed by atoms with Crippen molar-refractivity contribution in [2.45, 2.75) is 13.8 Å². The molecule has 20 heavy (non-hydrogen) atoms. The molecule has 1 amide bonds. The second kappa shape index (κ2) is 9.34. The minimum Gasteiger partial charge on any atom is -0.388 e. The van der Waals surface area contributed by atoms with Crippen molar-refractivity contribution >= 4 is 5.91 Å². The Morgan fingerprint density at radius 2 is 2.05 bits per heavy atom. The van der Waals surface area contributed by atoms with Crippen LogP contribution in [0, 0.1) is 11.3 Å². The number of amides is 1. The first-order chi connectivity index (χ1) is 9.72. The van der Waals surface area contributed by atoms with E-state index < -0.39 is 0 Å². The number of carbonyl (C=O) groups excluding carboxylic acids is 1. The first-order valence-corrected chi connectivity index (χ1v) is 7.15. The third-order valence-electron chi connectivity index (χ3n) is 3.36. The number of nitriles is 1. The molecule has 0 radical (unpaired) electrons. The quantitative estimate of drug-likeness (QED) is 0.409. The van der Waals surface area contributed by atoms with Crippen LogP contribution in [0.5, 0.6) is 0 Å². The molecular weight excluding hydrogens is 256 g/mol. The van der Waals surface area contributed by atoms with E-state index in [4.69, 9.17) is 10.00 Å². The Hall–Kier alpha value is -1.58. The van der Waals surface area contributed by atoms with Crippen molar-refractivity contribution in [2.24, 2.45) is 0 Å². The lowest BCUT2D eigenvalue weighted by Crippen LogP contribution is -2.41. The van der Waals surface area contributed by atoms with Gasteiger partial charge in [0.05, 0.1) is 13.2 Å². The lowest BCUT2D eigenvalue weighted by Gasteiger charge is -2.26. The Labute approximate surface area is 121 Å². The zero-order valence-electron chi connectivity index (χ0n) is 12.4. The molecule has 0 aliphatic carbocycles. The molecule has 1 aliphatic heterocycles. The van der Waals surface area contributed by atoms with Crippen molar-refractivity contribution in [1.82, 2.24) is 15.1 Å². The van der Waals surface area contributed by atoms with Crippen LogP contribution in [-0.4, -0.2) is 68.2 Å². The molecule has 0 bridgehead atoms. The summed E-state index contributed by atoms with van der Waals surface area (Å²) in [5, 5.41) is 12.1. The van der Waals surface area contributed by atoms with Gasteiger partial charge >= 0.3 is 0 Å². The smallest absolute Gasteiger partial charge is 0.266 e. The predicted octanol–water partition coefficient (Wildman–Crippen LogP) is 0.184. The molecule has 1 N–H and O–H groups in total. The molecule has 1 heterocycles. The molecule has 1 aliphatic rings. The largest absolute Gasteiger partial charge is 0.388 e. The maximum absolute atomic E-state index is 12.1. The van der Waals surface area contributed by atoms with E-state index >= 15 is 0 Å². The van der Waals surface area contributed by atoms with Gasteiger partial charge in [-0.1, -0.05) is 13.8 Å². The summed E-state index contributed by atoms with van der Waals surface area (Å²) in [5.41, 5.74) is 0.159. The maximum atomic E-state index is 12.1. The SMILES string of the molecule is CCN(CC)CCN/C=C(/C#N)C(=O)N1CCOCC1. The Morgan fingerprint density at radius 3 is 2.60 bits per heavy atom. The molecule has 0 atom stereocenters. The highest BCUT2D eigenvalue weighted by molar-refractivity contribution is 5.97. The van der Waals surface area contributed by atoms with Gasteiger partial charge in [0.1, 0.15) is 11.6 Å². The van der Waals surface area contributed by atoms with Gasteiger partial charge in [-0.25, -0.2) is 0 Å². The van der Waals surface area contributed by atoms with Gasteiger partial charge in [-0.2, -0.15) is 5.26 Å². The van der Waals surface area contributed by atoms with Crippen LogP contribution in [0.2, 0.25) is 0 Å². The van der Waals surface area contributed by atoms with Crippen LogP contribution in [-0.2, 0) is 9.53 Å². The van der Waals surface area contributed by atoms with E-state index in [9.17, 15) is 4.79 Å². The van der Waals surface area contributed by atoms with E-state index in [-0.39, 0.29) is 11.5 Å². The van der Waals surface area contributed by atoms with E-state index in [0.717, 1.165) is 26.2 Å². The van der Waals surface area contributed by atoms with Crippen LogP contribution in [0.3, 0.4) is 0 Å². The molecule has 1 rings (SSSR count). The van der Waals surface area contributed by atoms with Gasteiger partial charge in [0.25, 0.3) is 5.91 Å². The zero-order valence-corrected chi connectivity index (χ0v) is 12.4. The number of nitrogens with zero attached hydrogens (tertiary/aromatic N) is 3. The Morgan fingerprint density at radius 1 is 1.40 bits per heavy atom. The minimum atomic E-state index is -0.217. The second-order valence-corrected chi connectivity index (χ2v) is 4.56. The number of rotatable bonds is 7. The van der Waals surface area contributed by atoms with E-state index in [0.29, 0.717) is 26.3 Å². The number of ether oxygens (including phenoxy) is 1. The summed E-state index contributed by atoms with van der Waals surface area (Å²) < 4.78 is 5.20. The van der Waals surface area contributed by atoms with Crippen LogP contribution in [0.15, 0.2) is 11.8 Å². The van der Waals surface area contributed by atoms with Gasteiger partial charge < -0.3 is 19.9 Å². The van der Waals surface area contributed by atoms with Gasteiger partial charge in [0.15, 0.2) is 0 Å². The highest BCUT2D eigenvalue weighted by Crippen LogP contribution is 2.03. The van der Waals surface area contributed by atoms with Crippen molar-refractivity contribution < 1.29 is 9.53 Å². The predicted molar refractivity (Wildman–Crippen MR) is 76.9 cm³/mol. The summed E-state index contributed by atoms with van der Waals surface area (Å²) in [7, 11) is 0. The zero-order chi connectivity index (χ0) is 14.8. The lowest BCUT2D eigenvalue weighted by atomic mass is 10.2. The average molecular weight is 280 g/mol. The molecule has 0 aromatic heterocycles. The molecule has 0 spiro atoms. The summed E-state index contributed by atoms with van der Waals surface area (Å²) in [5.74, 6) is -0.217. The molecule has 0 aromatic rings. The number of hydrogen-bond acceptors (Lipinski definition) is 5. The summed E-state index contributed by atoms with van der Waals surface area (Å²) in [6, 6.07) is 1.97. The topological polar surface area (TPSA) is 68.6 Å². The van der Waals surface area contributed by atoms with Crippen LogP contribution in [0.4, 0.5) is 0 Å². The fourth-order valence-corrected chi connectivity index (χ4v) is 2.02. The normalized spacial score (nSPS) is 16.1. The molecular formula is C14H24N4O2. The van der Waals surface area contributed by atoms with Crippen LogP contribution in [0.25, 0.3) is 0 Å². The van der Waals surface area contributed by atoms with Gasteiger partial charge in [0, 0.05) is 32.4 Å². The van der Waals surface area contributed by atoms with Gasteiger partial charge in [-0.3, -0.25) is 4.79 Å². The highest BCUT2D eigenvalue weighted by atomic mass is 16.5. The third kappa shape index (κ3) is 5.19. The first-order valence-electron chi connectivity index (χ1n) is 7.15. The van der Waals surface area contributed by atoms with Gasteiger partial charge in [0.2, 0.25) is 0 Å². The van der Waals surface area contributed by atoms with Crippen molar-refractivity contribution in [3.8, 4) is 6.07 Å². The van der Waals surface area contributed by atoms with E-state index in [2.05, 4.69) is 24.1 Å². The number of morpholine rings is 1. The minimum absolute atomic E-state index is 0.159.